The summed E-state index contributed by atoms with van der Waals surface area (Å²) < 4.78 is 5.66. The number of ether oxygens (including phenoxy) is 1. The van der Waals surface area contributed by atoms with Gasteiger partial charge in [0.05, 0.1) is 7.11 Å². The molecule has 6 heteroatoms. The average Bonchev–Trinajstić information content (AvgIpc) is 2.81. The van der Waals surface area contributed by atoms with Crippen LogP contribution in [0.2, 0.25) is 0 Å². The number of carbonyl (C=O) groups excluding carboxylic acids is 1. The van der Waals surface area contributed by atoms with Gasteiger partial charge in [0.15, 0.2) is 10.8 Å². The number of nitrogens with one attached hydrogen (secondary N) is 1. The normalized spacial score (nSPS) is 10.2. The van der Waals surface area contributed by atoms with Crippen molar-refractivity contribution >= 4 is 44.1 Å². The van der Waals surface area contributed by atoms with Gasteiger partial charge in [-0.25, -0.2) is 9.78 Å². The summed E-state index contributed by atoms with van der Waals surface area (Å²) in [6.45, 7) is 2.01. The molecule has 0 saturated heterocycles. The van der Waals surface area contributed by atoms with Crippen LogP contribution in [0.25, 0.3) is 0 Å². The fraction of sp³-hybridized carbons (Fsp3) is 0.167. The molecule has 0 fully saturated rings. The van der Waals surface area contributed by atoms with Crippen molar-refractivity contribution in [1.29, 1.82) is 0 Å². The van der Waals surface area contributed by atoms with E-state index in [4.69, 9.17) is 0 Å². The van der Waals surface area contributed by atoms with Gasteiger partial charge in [-0.3, -0.25) is 0 Å². The lowest BCUT2D eigenvalue weighted by molar-refractivity contribution is 0.0595. The minimum absolute atomic E-state index is 0.318. The maximum Gasteiger partial charge on any atom is 0.357 e. The van der Waals surface area contributed by atoms with E-state index in [9.17, 15) is 4.79 Å². The third kappa shape index (κ3) is 2.88. The van der Waals surface area contributed by atoms with Crippen LogP contribution < -0.4 is 5.32 Å². The van der Waals surface area contributed by atoms with E-state index in [0.717, 1.165) is 15.7 Å². The van der Waals surface area contributed by atoms with Gasteiger partial charge in [-0.05, 0) is 30.7 Å². The second-order valence-corrected chi connectivity index (χ2v) is 5.33. The molecule has 1 aromatic heterocycles. The Labute approximate surface area is 117 Å². The molecule has 0 aliphatic heterocycles. The number of methoxy groups -OCH3 is 1. The molecule has 0 radical (unpaired) electrons. The SMILES string of the molecule is COC(=O)c1csc(Nc2ccc(Br)c(C)c2)n1. The van der Waals surface area contributed by atoms with Gasteiger partial charge in [-0.1, -0.05) is 15.9 Å². The number of halogens is 1. The molecule has 1 heterocycles. The quantitative estimate of drug-likeness (QED) is 0.873. The number of aryl methyl sites for hydroxylation is 1. The highest BCUT2D eigenvalue weighted by Crippen LogP contribution is 2.25. The van der Waals surface area contributed by atoms with E-state index in [2.05, 4.69) is 31.0 Å². The summed E-state index contributed by atoms with van der Waals surface area (Å²) in [5.41, 5.74) is 2.38. The lowest BCUT2D eigenvalue weighted by Crippen LogP contribution is -2.01. The predicted molar refractivity (Wildman–Crippen MR) is 75.6 cm³/mol. The number of hydrogen-bond donors (Lipinski definition) is 1. The number of carbonyl (C=O) groups is 1. The van der Waals surface area contributed by atoms with Crippen LogP contribution in [0.15, 0.2) is 28.1 Å². The van der Waals surface area contributed by atoms with Crippen LogP contribution in [0.5, 0.6) is 0 Å². The standard InChI is InChI=1S/C12H11BrN2O2S/c1-7-5-8(3-4-9(7)13)14-12-15-10(6-18-12)11(16)17-2/h3-6H,1-2H3,(H,14,15). The molecule has 1 aromatic carbocycles. The molecule has 0 amide bonds. The Bertz CT molecular complexity index is 583. The Balaban J connectivity index is 2.16. The molecule has 0 aliphatic carbocycles. The van der Waals surface area contributed by atoms with E-state index in [1.807, 2.05) is 25.1 Å². The van der Waals surface area contributed by atoms with Crippen LogP contribution in [-0.4, -0.2) is 18.1 Å². The topological polar surface area (TPSA) is 51.2 Å². The number of anilines is 2. The predicted octanol–water partition coefficient (Wildman–Crippen LogP) is 3.74. The summed E-state index contributed by atoms with van der Waals surface area (Å²) in [5.74, 6) is -0.425. The van der Waals surface area contributed by atoms with Crippen LogP contribution in [-0.2, 0) is 4.74 Å². The van der Waals surface area contributed by atoms with Crippen molar-refractivity contribution in [3.05, 3.63) is 39.3 Å². The maximum atomic E-state index is 11.3. The molecule has 1 N–H and O–H groups in total. The Kier molecular flexibility index (Phi) is 3.98. The number of nitrogens with zero attached hydrogens (tertiary/aromatic N) is 1. The molecule has 0 aliphatic rings. The second kappa shape index (κ2) is 5.49. The zero-order valence-electron chi connectivity index (χ0n) is 9.86. The number of aromatic nitrogens is 1. The first kappa shape index (κ1) is 13.0. The fourth-order valence-corrected chi connectivity index (χ4v) is 2.32. The number of benzene rings is 1. The van der Waals surface area contributed by atoms with E-state index in [1.165, 1.54) is 18.4 Å². The van der Waals surface area contributed by atoms with Gasteiger partial charge in [0.25, 0.3) is 0 Å². The lowest BCUT2D eigenvalue weighted by Gasteiger charge is -2.04. The van der Waals surface area contributed by atoms with Gasteiger partial charge >= 0.3 is 5.97 Å². The molecule has 18 heavy (non-hydrogen) atoms. The molecule has 0 saturated carbocycles. The van der Waals surface area contributed by atoms with Crippen LogP contribution in [0.4, 0.5) is 10.8 Å². The van der Waals surface area contributed by atoms with Crippen molar-refractivity contribution in [2.75, 3.05) is 12.4 Å². The highest BCUT2D eigenvalue weighted by molar-refractivity contribution is 9.10. The van der Waals surface area contributed by atoms with Gasteiger partial charge in [-0.2, -0.15) is 0 Å². The van der Waals surface area contributed by atoms with Gasteiger partial charge in [0.1, 0.15) is 0 Å². The third-order valence-corrected chi connectivity index (χ3v) is 3.96. The summed E-state index contributed by atoms with van der Waals surface area (Å²) in [7, 11) is 1.34. The van der Waals surface area contributed by atoms with Crippen molar-refractivity contribution in [1.82, 2.24) is 4.98 Å². The first-order chi connectivity index (χ1) is 8.60. The fourth-order valence-electron chi connectivity index (χ4n) is 1.38. The van der Waals surface area contributed by atoms with Crippen LogP contribution in [0, 0.1) is 6.92 Å². The van der Waals surface area contributed by atoms with E-state index >= 15 is 0 Å². The maximum absolute atomic E-state index is 11.3. The Hall–Kier alpha value is -1.40. The van der Waals surface area contributed by atoms with Gasteiger partial charge in [-0.15, -0.1) is 11.3 Å². The number of rotatable bonds is 3. The zero-order valence-corrected chi connectivity index (χ0v) is 12.3. The Morgan fingerprint density at radius 2 is 2.28 bits per heavy atom. The highest BCUT2D eigenvalue weighted by atomic mass is 79.9. The molecule has 0 spiro atoms. The zero-order chi connectivity index (χ0) is 13.1. The number of thiazole rings is 1. The van der Waals surface area contributed by atoms with Crippen molar-refractivity contribution in [2.45, 2.75) is 6.92 Å². The third-order valence-electron chi connectivity index (χ3n) is 2.31. The number of esters is 1. The minimum Gasteiger partial charge on any atom is -0.464 e. The minimum atomic E-state index is -0.425. The molecule has 4 nitrogen and oxygen atoms in total. The van der Waals surface area contributed by atoms with Crippen molar-refractivity contribution in [2.24, 2.45) is 0 Å². The van der Waals surface area contributed by atoms with Crippen molar-refractivity contribution in [3.63, 3.8) is 0 Å². The van der Waals surface area contributed by atoms with E-state index in [0.29, 0.717) is 10.8 Å². The molecule has 0 unspecified atom stereocenters. The van der Waals surface area contributed by atoms with E-state index in [-0.39, 0.29) is 0 Å². The monoisotopic (exact) mass is 326 g/mol. The lowest BCUT2D eigenvalue weighted by atomic mass is 10.2. The summed E-state index contributed by atoms with van der Waals surface area (Å²) in [4.78, 5) is 15.4. The summed E-state index contributed by atoms with van der Waals surface area (Å²) in [5, 5.41) is 5.48. The van der Waals surface area contributed by atoms with E-state index < -0.39 is 5.97 Å². The largest absolute Gasteiger partial charge is 0.464 e. The van der Waals surface area contributed by atoms with Crippen LogP contribution in [0.1, 0.15) is 16.1 Å². The summed E-state index contributed by atoms with van der Waals surface area (Å²) in [6, 6.07) is 5.91. The molecule has 94 valence electrons. The van der Waals surface area contributed by atoms with Crippen LogP contribution >= 0.6 is 27.3 Å². The summed E-state index contributed by atoms with van der Waals surface area (Å²) >= 11 is 4.81. The van der Waals surface area contributed by atoms with Crippen molar-refractivity contribution in [3.8, 4) is 0 Å². The summed E-state index contributed by atoms with van der Waals surface area (Å²) in [6.07, 6.45) is 0. The molecule has 0 bridgehead atoms. The van der Waals surface area contributed by atoms with Crippen LogP contribution in [0.3, 0.4) is 0 Å². The van der Waals surface area contributed by atoms with Gasteiger partial charge in [0.2, 0.25) is 0 Å². The average molecular weight is 327 g/mol. The van der Waals surface area contributed by atoms with Crippen molar-refractivity contribution < 1.29 is 9.53 Å². The Morgan fingerprint density at radius 1 is 1.50 bits per heavy atom. The first-order valence-electron chi connectivity index (χ1n) is 5.17. The molecule has 2 aromatic rings. The van der Waals surface area contributed by atoms with E-state index in [1.54, 1.807) is 5.38 Å². The second-order valence-electron chi connectivity index (χ2n) is 3.62. The Morgan fingerprint density at radius 3 is 2.94 bits per heavy atom. The highest BCUT2D eigenvalue weighted by Gasteiger charge is 2.10. The smallest absolute Gasteiger partial charge is 0.357 e. The van der Waals surface area contributed by atoms with Gasteiger partial charge in [0, 0.05) is 15.5 Å². The first-order valence-corrected chi connectivity index (χ1v) is 6.84. The van der Waals surface area contributed by atoms with Gasteiger partial charge < -0.3 is 10.1 Å². The number of hydrogen-bond acceptors (Lipinski definition) is 5. The molecule has 2 rings (SSSR count). The molecular weight excluding hydrogens is 316 g/mol. The molecule has 0 atom stereocenters. The molecular formula is C12H11BrN2O2S.